The van der Waals surface area contributed by atoms with Crippen LogP contribution in [-0.2, 0) is 6.54 Å². The van der Waals surface area contributed by atoms with Gasteiger partial charge in [0.15, 0.2) is 5.65 Å². The molecule has 6 nitrogen and oxygen atoms in total. The Morgan fingerprint density at radius 2 is 1.88 bits per heavy atom. The summed E-state index contributed by atoms with van der Waals surface area (Å²) >= 11 is 0. The van der Waals surface area contributed by atoms with E-state index in [-0.39, 0.29) is 5.56 Å². The molecule has 0 spiro atoms. The van der Waals surface area contributed by atoms with Crippen molar-refractivity contribution in [2.75, 3.05) is 13.1 Å². The fourth-order valence-corrected chi connectivity index (χ4v) is 3.93. The summed E-state index contributed by atoms with van der Waals surface area (Å²) in [5, 5.41) is 4.88. The highest BCUT2D eigenvalue weighted by Crippen LogP contribution is 2.22. The predicted molar refractivity (Wildman–Crippen MR) is 97.7 cm³/mol. The highest BCUT2D eigenvalue weighted by molar-refractivity contribution is 5.75. The van der Waals surface area contributed by atoms with Gasteiger partial charge in [-0.25, -0.2) is 9.67 Å². The summed E-state index contributed by atoms with van der Waals surface area (Å²) in [4.78, 5) is 22.5. The Labute approximate surface area is 146 Å². The number of para-hydroxylation sites is 1. The van der Waals surface area contributed by atoms with Crippen molar-refractivity contribution in [2.45, 2.75) is 26.8 Å². The topological polar surface area (TPSA) is 66.8 Å². The molecule has 25 heavy (non-hydrogen) atoms. The maximum absolute atomic E-state index is 12.4. The van der Waals surface area contributed by atoms with Crippen LogP contribution >= 0.6 is 0 Å². The van der Waals surface area contributed by atoms with Crippen LogP contribution in [0, 0.1) is 11.8 Å². The number of hydrogen-bond acceptors (Lipinski definition) is 4. The molecule has 0 radical (unpaired) electrons. The number of nitrogens with one attached hydrogen (secondary N) is 1. The molecule has 0 saturated carbocycles. The highest BCUT2D eigenvalue weighted by atomic mass is 16.1. The van der Waals surface area contributed by atoms with Crippen LogP contribution in [0.2, 0.25) is 0 Å². The number of fused-ring (bicyclic) bond motifs is 1. The zero-order valence-corrected chi connectivity index (χ0v) is 14.6. The summed E-state index contributed by atoms with van der Waals surface area (Å²) in [5.41, 5.74) is 1.39. The average molecular weight is 337 g/mol. The molecule has 0 unspecified atom stereocenters. The molecule has 3 aromatic rings. The molecule has 6 heteroatoms. The van der Waals surface area contributed by atoms with Gasteiger partial charge < -0.3 is 4.98 Å². The normalized spacial score (nSPS) is 21.7. The fraction of sp³-hybridized carbons (Fsp3) is 0.421. The number of hydrogen-bond donors (Lipinski definition) is 1. The molecule has 1 saturated heterocycles. The van der Waals surface area contributed by atoms with Crippen molar-refractivity contribution >= 4 is 11.0 Å². The minimum atomic E-state index is -0.125. The second-order valence-corrected chi connectivity index (χ2v) is 7.28. The number of rotatable bonds is 3. The number of H-pyrrole nitrogens is 1. The van der Waals surface area contributed by atoms with Gasteiger partial charge in [-0.3, -0.25) is 9.69 Å². The SMILES string of the molecule is C[C@@H]1C[C@@H](C)CN(Cc2nc3c(cnn3-c3ccccc3)c(=O)[nH]2)C1. The van der Waals surface area contributed by atoms with Crippen molar-refractivity contribution in [2.24, 2.45) is 11.8 Å². The number of likely N-dealkylation sites (tertiary alicyclic amines) is 1. The summed E-state index contributed by atoms with van der Waals surface area (Å²) in [7, 11) is 0. The van der Waals surface area contributed by atoms with E-state index in [2.05, 4.69) is 28.8 Å². The van der Waals surface area contributed by atoms with Crippen molar-refractivity contribution in [3.63, 3.8) is 0 Å². The quantitative estimate of drug-likeness (QED) is 0.798. The van der Waals surface area contributed by atoms with E-state index >= 15 is 0 Å². The first kappa shape index (κ1) is 16.0. The van der Waals surface area contributed by atoms with Crippen LogP contribution in [0.3, 0.4) is 0 Å². The van der Waals surface area contributed by atoms with E-state index in [4.69, 9.17) is 4.98 Å². The van der Waals surface area contributed by atoms with Gasteiger partial charge in [0.2, 0.25) is 0 Å². The summed E-state index contributed by atoms with van der Waals surface area (Å²) < 4.78 is 1.73. The summed E-state index contributed by atoms with van der Waals surface area (Å²) in [6.07, 6.45) is 2.85. The first-order chi connectivity index (χ1) is 12.1. The van der Waals surface area contributed by atoms with Gasteiger partial charge in [-0.2, -0.15) is 5.10 Å². The lowest BCUT2D eigenvalue weighted by atomic mass is 9.92. The second kappa shape index (κ2) is 6.44. The molecule has 0 amide bonds. The van der Waals surface area contributed by atoms with Crippen LogP contribution in [0.15, 0.2) is 41.3 Å². The number of nitrogens with zero attached hydrogens (tertiary/aromatic N) is 4. The van der Waals surface area contributed by atoms with E-state index in [0.717, 1.165) is 18.8 Å². The van der Waals surface area contributed by atoms with E-state index in [1.165, 1.54) is 6.42 Å². The molecule has 2 aromatic heterocycles. The van der Waals surface area contributed by atoms with Crippen molar-refractivity contribution in [3.05, 3.63) is 52.7 Å². The van der Waals surface area contributed by atoms with Crippen LogP contribution in [0.5, 0.6) is 0 Å². The first-order valence-corrected chi connectivity index (χ1v) is 8.85. The molecule has 0 aliphatic carbocycles. The molecule has 1 fully saturated rings. The molecule has 2 atom stereocenters. The lowest BCUT2D eigenvalue weighted by Crippen LogP contribution is -2.38. The first-order valence-electron chi connectivity index (χ1n) is 8.85. The zero-order chi connectivity index (χ0) is 17.4. The zero-order valence-electron chi connectivity index (χ0n) is 14.6. The third-order valence-electron chi connectivity index (χ3n) is 4.81. The van der Waals surface area contributed by atoms with Gasteiger partial charge in [0.05, 0.1) is 18.4 Å². The lowest BCUT2D eigenvalue weighted by Gasteiger charge is -2.34. The van der Waals surface area contributed by atoms with Crippen LogP contribution in [-0.4, -0.2) is 37.7 Å². The number of benzene rings is 1. The second-order valence-electron chi connectivity index (χ2n) is 7.28. The molecular weight excluding hydrogens is 314 g/mol. The Morgan fingerprint density at radius 1 is 1.16 bits per heavy atom. The average Bonchev–Trinajstić information content (AvgIpc) is 2.99. The van der Waals surface area contributed by atoms with E-state index in [1.54, 1.807) is 10.9 Å². The van der Waals surface area contributed by atoms with Crippen LogP contribution in [0.1, 0.15) is 26.1 Å². The summed E-state index contributed by atoms with van der Waals surface area (Å²) in [6.45, 7) is 7.33. The largest absolute Gasteiger partial charge is 0.309 e. The molecule has 0 bridgehead atoms. The predicted octanol–water partition coefficient (Wildman–Crippen LogP) is 2.59. The fourth-order valence-electron chi connectivity index (χ4n) is 3.93. The minimum Gasteiger partial charge on any atom is -0.309 e. The molecule has 1 aromatic carbocycles. The third-order valence-corrected chi connectivity index (χ3v) is 4.81. The van der Waals surface area contributed by atoms with Crippen LogP contribution in [0.25, 0.3) is 16.7 Å². The Hall–Kier alpha value is -2.47. The van der Waals surface area contributed by atoms with E-state index in [9.17, 15) is 4.79 Å². The van der Waals surface area contributed by atoms with E-state index in [1.807, 2.05) is 30.3 Å². The van der Waals surface area contributed by atoms with Gasteiger partial charge in [-0.05, 0) is 30.4 Å². The standard InChI is InChI=1S/C19H23N5O/c1-13-8-14(2)11-23(10-13)12-17-21-18-16(19(25)22-17)9-20-24(18)15-6-4-3-5-7-15/h3-7,9,13-14H,8,10-12H2,1-2H3,(H,21,22,25)/t13-,14-/m1/s1. The van der Waals surface area contributed by atoms with Crippen molar-refractivity contribution in [3.8, 4) is 5.69 Å². The van der Waals surface area contributed by atoms with Gasteiger partial charge in [0.1, 0.15) is 11.2 Å². The third kappa shape index (κ3) is 3.22. The van der Waals surface area contributed by atoms with E-state index < -0.39 is 0 Å². The van der Waals surface area contributed by atoms with Crippen LogP contribution in [0.4, 0.5) is 0 Å². The monoisotopic (exact) mass is 337 g/mol. The molecule has 4 rings (SSSR count). The molecule has 1 aliphatic rings. The Bertz CT molecular complexity index is 920. The Morgan fingerprint density at radius 3 is 2.60 bits per heavy atom. The molecule has 130 valence electrons. The highest BCUT2D eigenvalue weighted by Gasteiger charge is 2.22. The number of aromatic nitrogens is 4. The van der Waals surface area contributed by atoms with Gasteiger partial charge in [0, 0.05) is 13.1 Å². The van der Waals surface area contributed by atoms with Crippen molar-refractivity contribution in [1.82, 2.24) is 24.6 Å². The maximum Gasteiger partial charge on any atom is 0.262 e. The molecular formula is C19H23N5O. The van der Waals surface area contributed by atoms with Gasteiger partial charge in [0.25, 0.3) is 5.56 Å². The van der Waals surface area contributed by atoms with Gasteiger partial charge in [-0.1, -0.05) is 32.0 Å². The lowest BCUT2D eigenvalue weighted by molar-refractivity contribution is 0.131. The summed E-state index contributed by atoms with van der Waals surface area (Å²) in [5.74, 6) is 2.06. The van der Waals surface area contributed by atoms with Gasteiger partial charge >= 0.3 is 0 Å². The smallest absolute Gasteiger partial charge is 0.262 e. The Kier molecular flexibility index (Phi) is 4.13. The molecule has 1 aliphatic heterocycles. The number of piperidine rings is 1. The number of aromatic amines is 1. The molecule has 3 heterocycles. The Balaban J connectivity index is 1.70. The van der Waals surface area contributed by atoms with Crippen molar-refractivity contribution in [1.29, 1.82) is 0 Å². The summed E-state index contributed by atoms with van der Waals surface area (Å²) in [6, 6.07) is 9.78. The molecule has 1 N–H and O–H groups in total. The van der Waals surface area contributed by atoms with Crippen LogP contribution < -0.4 is 5.56 Å². The van der Waals surface area contributed by atoms with Crippen molar-refractivity contribution < 1.29 is 0 Å². The van der Waals surface area contributed by atoms with E-state index in [0.29, 0.717) is 35.2 Å². The maximum atomic E-state index is 12.4. The minimum absolute atomic E-state index is 0.125. The van der Waals surface area contributed by atoms with Gasteiger partial charge in [-0.15, -0.1) is 0 Å².